The molecule has 1 rings (SSSR count). The third-order valence-corrected chi connectivity index (χ3v) is 2.52. The zero-order chi connectivity index (χ0) is 8.48. The number of guanidine groups is 1. The summed E-state index contributed by atoms with van der Waals surface area (Å²) in [5, 5.41) is 0. The highest BCUT2D eigenvalue weighted by molar-refractivity contribution is 5.80. The van der Waals surface area contributed by atoms with Crippen LogP contribution in [0.25, 0.3) is 0 Å². The second-order valence-electron chi connectivity index (χ2n) is 3.48. The molecule has 2 N–H and O–H groups in total. The molecular weight excluding hydrogens is 138 g/mol. The zero-order valence-corrected chi connectivity index (χ0v) is 7.59. The van der Waals surface area contributed by atoms with Crippen LogP contribution in [0, 0.1) is 0 Å². The highest BCUT2D eigenvalue weighted by Crippen LogP contribution is 2.24. The monoisotopic (exact) mass is 155 g/mol. The summed E-state index contributed by atoms with van der Waals surface area (Å²) >= 11 is 0. The second kappa shape index (κ2) is 2.72. The number of nitrogens with zero attached hydrogens (tertiary/aromatic N) is 2. The van der Waals surface area contributed by atoms with Gasteiger partial charge in [-0.25, -0.2) is 0 Å². The predicted molar refractivity (Wildman–Crippen MR) is 47.6 cm³/mol. The fraction of sp³-hybridized carbons (Fsp3) is 0.875. The number of likely N-dealkylation sites (N-methyl/N-ethyl adjacent to an activating group) is 1. The van der Waals surface area contributed by atoms with Gasteiger partial charge in [0, 0.05) is 7.05 Å². The van der Waals surface area contributed by atoms with Crippen LogP contribution in [0.4, 0.5) is 0 Å². The Morgan fingerprint density at radius 1 is 1.73 bits per heavy atom. The van der Waals surface area contributed by atoms with Crippen LogP contribution >= 0.6 is 0 Å². The molecule has 0 amide bonds. The van der Waals surface area contributed by atoms with E-state index in [1.165, 1.54) is 6.42 Å². The number of rotatable bonds is 2. The lowest BCUT2D eigenvalue weighted by atomic mass is 9.96. The Labute approximate surface area is 68.3 Å². The minimum Gasteiger partial charge on any atom is -0.370 e. The van der Waals surface area contributed by atoms with Crippen molar-refractivity contribution in [3.63, 3.8) is 0 Å². The van der Waals surface area contributed by atoms with Crippen molar-refractivity contribution in [2.24, 2.45) is 10.7 Å². The Kier molecular flexibility index (Phi) is 2.07. The summed E-state index contributed by atoms with van der Waals surface area (Å²) < 4.78 is 0. The molecule has 1 atom stereocenters. The van der Waals surface area contributed by atoms with E-state index in [1.807, 2.05) is 7.05 Å². The molecule has 0 spiro atoms. The van der Waals surface area contributed by atoms with Gasteiger partial charge in [-0.15, -0.1) is 0 Å². The standard InChI is InChI=1S/C8H17N3/c1-4-5-8(2)6-10-7(9)11(8)3/h4-6H2,1-3H3,(H2,9,10). The summed E-state index contributed by atoms with van der Waals surface area (Å²) in [7, 11) is 2.02. The Bertz CT molecular complexity index is 176. The molecular formula is C8H17N3. The molecule has 0 fully saturated rings. The van der Waals surface area contributed by atoms with E-state index in [0.717, 1.165) is 13.0 Å². The molecule has 1 heterocycles. The van der Waals surface area contributed by atoms with Crippen LogP contribution in [0.5, 0.6) is 0 Å². The first-order valence-corrected chi connectivity index (χ1v) is 4.14. The molecule has 1 unspecified atom stereocenters. The summed E-state index contributed by atoms with van der Waals surface area (Å²) in [5.74, 6) is 0.681. The minimum absolute atomic E-state index is 0.179. The smallest absolute Gasteiger partial charge is 0.191 e. The van der Waals surface area contributed by atoms with Crippen LogP contribution in [0.3, 0.4) is 0 Å². The number of hydrogen-bond donors (Lipinski definition) is 1. The van der Waals surface area contributed by atoms with Gasteiger partial charge < -0.3 is 10.6 Å². The first kappa shape index (κ1) is 8.37. The maximum Gasteiger partial charge on any atom is 0.191 e. The SMILES string of the molecule is CCCC1(C)CN=C(N)N1C. The van der Waals surface area contributed by atoms with Crippen molar-refractivity contribution in [1.29, 1.82) is 0 Å². The molecule has 3 heteroatoms. The largest absolute Gasteiger partial charge is 0.370 e. The van der Waals surface area contributed by atoms with Crippen LogP contribution < -0.4 is 5.73 Å². The van der Waals surface area contributed by atoms with Gasteiger partial charge >= 0.3 is 0 Å². The first-order chi connectivity index (χ1) is 5.10. The Morgan fingerprint density at radius 2 is 2.36 bits per heavy atom. The number of hydrogen-bond acceptors (Lipinski definition) is 3. The first-order valence-electron chi connectivity index (χ1n) is 4.14. The van der Waals surface area contributed by atoms with Crippen LogP contribution in [0.1, 0.15) is 26.7 Å². The average molecular weight is 155 g/mol. The maximum atomic E-state index is 5.66. The Morgan fingerprint density at radius 3 is 2.73 bits per heavy atom. The van der Waals surface area contributed by atoms with Crippen molar-refractivity contribution in [2.75, 3.05) is 13.6 Å². The van der Waals surface area contributed by atoms with E-state index >= 15 is 0 Å². The van der Waals surface area contributed by atoms with E-state index in [-0.39, 0.29) is 5.54 Å². The molecule has 3 nitrogen and oxygen atoms in total. The van der Waals surface area contributed by atoms with E-state index in [0.29, 0.717) is 5.96 Å². The van der Waals surface area contributed by atoms with Gasteiger partial charge in [0.15, 0.2) is 5.96 Å². The summed E-state index contributed by atoms with van der Waals surface area (Å²) in [4.78, 5) is 6.29. The molecule has 1 aliphatic heterocycles. The molecule has 11 heavy (non-hydrogen) atoms. The highest BCUT2D eigenvalue weighted by atomic mass is 15.3. The molecule has 64 valence electrons. The fourth-order valence-electron chi connectivity index (χ4n) is 1.53. The van der Waals surface area contributed by atoms with Crippen molar-refractivity contribution >= 4 is 5.96 Å². The van der Waals surface area contributed by atoms with Crippen molar-refractivity contribution in [2.45, 2.75) is 32.2 Å². The van der Waals surface area contributed by atoms with Crippen molar-refractivity contribution in [3.05, 3.63) is 0 Å². The van der Waals surface area contributed by atoms with Gasteiger partial charge in [0.1, 0.15) is 0 Å². The quantitative estimate of drug-likeness (QED) is 0.641. The predicted octanol–water partition coefficient (Wildman–Crippen LogP) is 0.805. The number of aliphatic imine (C=N–C) groups is 1. The van der Waals surface area contributed by atoms with Crippen LogP contribution in [0.15, 0.2) is 4.99 Å². The summed E-state index contributed by atoms with van der Waals surface area (Å²) in [6.07, 6.45) is 2.34. The molecule has 1 aliphatic rings. The molecule has 0 bridgehead atoms. The van der Waals surface area contributed by atoms with E-state index in [2.05, 4.69) is 23.7 Å². The van der Waals surface area contributed by atoms with Gasteiger partial charge in [0.25, 0.3) is 0 Å². The lowest BCUT2D eigenvalue weighted by molar-refractivity contribution is 0.242. The van der Waals surface area contributed by atoms with E-state index in [9.17, 15) is 0 Å². The van der Waals surface area contributed by atoms with Gasteiger partial charge in [0.2, 0.25) is 0 Å². The molecule has 0 saturated carbocycles. The molecule has 0 saturated heterocycles. The number of nitrogens with two attached hydrogens (primary N) is 1. The topological polar surface area (TPSA) is 41.6 Å². The second-order valence-corrected chi connectivity index (χ2v) is 3.48. The summed E-state index contributed by atoms with van der Waals surface area (Å²) in [6.45, 7) is 5.25. The normalized spacial score (nSPS) is 30.8. The maximum absolute atomic E-state index is 5.66. The van der Waals surface area contributed by atoms with Gasteiger partial charge in [-0.2, -0.15) is 0 Å². The molecule has 0 aromatic heterocycles. The van der Waals surface area contributed by atoms with E-state index in [1.54, 1.807) is 0 Å². The van der Waals surface area contributed by atoms with Crippen LogP contribution in [-0.2, 0) is 0 Å². The molecule has 0 radical (unpaired) electrons. The third-order valence-electron chi connectivity index (χ3n) is 2.52. The van der Waals surface area contributed by atoms with Crippen molar-refractivity contribution in [1.82, 2.24) is 4.90 Å². The highest BCUT2D eigenvalue weighted by Gasteiger charge is 2.33. The minimum atomic E-state index is 0.179. The summed E-state index contributed by atoms with van der Waals surface area (Å²) in [5.41, 5.74) is 5.84. The summed E-state index contributed by atoms with van der Waals surface area (Å²) in [6, 6.07) is 0. The lowest BCUT2D eigenvalue weighted by Crippen LogP contribution is -2.46. The molecule has 0 aromatic rings. The Balaban J connectivity index is 2.63. The van der Waals surface area contributed by atoms with Gasteiger partial charge in [-0.3, -0.25) is 4.99 Å². The van der Waals surface area contributed by atoms with Crippen molar-refractivity contribution in [3.8, 4) is 0 Å². The average Bonchev–Trinajstić information content (AvgIpc) is 2.19. The Hall–Kier alpha value is -0.730. The van der Waals surface area contributed by atoms with Gasteiger partial charge in [-0.1, -0.05) is 13.3 Å². The van der Waals surface area contributed by atoms with Crippen molar-refractivity contribution < 1.29 is 0 Å². The van der Waals surface area contributed by atoms with Gasteiger partial charge in [0.05, 0.1) is 12.1 Å². The van der Waals surface area contributed by atoms with Crippen LogP contribution in [0.2, 0.25) is 0 Å². The van der Waals surface area contributed by atoms with Gasteiger partial charge in [-0.05, 0) is 13.3 Å². The molecule has 0 aromatic carbocycles. The van der Waals surface area contributed by atoms with E-state index < -0.39 is 0 Å². The lowest BCUT2D eigenvalue weighted by Gasteiger charge is -2.32. The zero-order valence-electron chi connectivity index (χ0n) is 7.59. The van der Waals surface area contributed by atoms with E-state index in [4.69, 9.17) is 5.73 Å². The van der Waals surface area contributed by atoms with Crippen LogP contribution in [-0.4, -0.2) is 30.0 Å². The fourth-order valence-corrected chi connectivity index (χ4v) is 1.53. The molecule has 0 aliphatic carbocycles. The third kappa shape index (κ3) is 1.32.